The van der Waals surface area contributed by atoms with Crippen LogP contribution in [0.15, 0.2) is 27.8 Å². The van der Waals surface area contributed by atoms with Crippen LogP contribution in [-0.4, -0.2) is 60.2 Å². The van der Waals surface area contributed by atoms with Gasteiger partial charge in [-0.3, -0.25) is 4.99 Å². The number of aryl methyl sites for hydroxylation is 1. The quantitative estimate of drug-likeness (QED) is 0.305. The van der Waals surface area contributed by atoms with E-state index in [1.165, 1.54) is 0 Å². The van der Waals surface area contributed by atoms with Gasteiger partial charge in [0.05, 0.1) is 19.4 Å². The Morgan fingerprint density at radius 3 is 3.10 bits per heavy atom. The number of ether oxygens (including phenoxy) is 2. The Labute approximate surface area is 194 Å². The van der Waals surface area contributed by atoms with Gasteiger partial charge in [-0.05, 0) is 25.0 Å². The van der Waals surface area contributed by atoms with Gasteiger partial charge in [-0.15, -0.1) is 24.0 Å². The normalized spacial score (nSPS) is 21.2. The first-order valence-corrected chi connectivity index (χ1v) is 10.4. The predicted molar refractivity (Wildman–Crippen MR) is 123 cm³/mol. The van der Waals surface area contributed by atoms with Gasteiger partial charge in [-0.1, -0.05) is 0 Å². The minimum absolute atomic E-state index is 0. The Hall–Kier alpha value is -1.66. The second kappa shape index (κ2) is 11.7. The van der Waals surface area contributed by atoms with Crippen LogP contribution in [0.25, 0.3) is 0 Å². The number of aromatic nitrogens is 3. The van der Waals surface area contributed by atoms with E-state index in [1.54, 1.807) is 13.4 Å². The minimum Gasteiger partial charge on any atom is -0.469 e. The van der Waals surface area contributed by atoms with Crippen molar-refractivity contribution in [3.05, 3.63) is 35.8 Å². The maximum Gasteiger partial charge on any atom is 0.191 e. The fourth-order valence-corrected chi connectivity index (χ4v) is 3.72. The summed E-state index contributed by atoms with van der Waals surface area (Å²) in [5.74, 6) is 4.09. The van der Waals surface area contributed by atoms with Crippen LogP contribution in [0.4, 0.5) is 0 Å². The van der Waals surface area contributed by atoms with Gasteiger partial charge in [0.2, 0.25) is 0 Å². The average Bonchev–Trinajstić information content (AvgIpc) is 3.47. The zero-order valence-corrected chi connectivity index (χ0v) is 19.7. The standard InChI is InChI=1S/C20H30N6O3.HI/c1-27-14-18-24-19-5-4-16(12-26(19)25-18)23-20(22-11-15-7-10-28-13-15)21-8-6-17-3-2-9-29-17;/h2-3,9,15-16H,4-8,10-14H2,1H3,(H2,21,22,23);1H. The molecule has 2 N–H and O–H groups in total. The van der Waals surface area contributed by atoms with E-state index < -0.39 is 0 Å². The molecule has 0 aromatic carbocycles. The molecule has 1 saturated heterocycles. The largest absolute Gasteiger partial charge is 0.469 e. The fourth-order valence-electron chi connectivity index (χ4n) is 3.72. The number of nitrogens with one attached hydrogen (secondary N) is 2. The number of fused-ring (bicyclic) bond motifs is 1. The highest BCUT2D eigenvalue weighted by Gasteiger charge is 2.23. The molecule has 2 atom stereocenters. The summed E-state index contributed by atoms with van der Waals surface area (Å²) in [6.45, 7) is 4.41. The molecular formula is C20H31IN6O3. The molecule has 9 nitrogen and oxygen atoms in total. The van der Waals surface area contributed by atoms with Gasteiger partial charge >= 0.3 is 0 Å². The molecule has 166 valence electrons. The van der Waals surface area contributed by atoms with Crippen molar-refractivity contribution in [1.29, 1.82) is 0 Å². The number of guanidine groups is 1. The number of halogens is 1. The molecule has 2 aliphatic rings. The molecular weight excluding hydrogens is 499 g/mol. The lowest BCUT2D eigenvalue weighted by molar-refractivity contribution is 0.177. The Morgan fingerprint density at radius 1 is 1.40 bits per heavy atom. The molecule has 30 heavy (non-hydrogen) atoms. The Bertz CT molecular complexity index is 789. The first-order valence-electron chi connectivity index (χ1n) is 10.4. The Morgan fingerprint density at radius 2 is 2.33 bits per heavy atom. The van der Waals surface area contributed by atoms with Crippen LogP contribution in [0.2, 0.25) is 0 Å². The number of furan rings is 1. The molecule has 0 saturated carbocycles. The maximum absolute atomic E-state index is 5.48. The molecule has 0 bridgehead atoms. The van der Waals surface area contributed by atoms with E-state index in [-0.39, 0.29) is 30.0 Å². The van der Waals surface area contributed by atoms with Crippen LogP contribution in [0, 0.1) is 5.92 Å². The fraction of sp³-hybridized carbons (Fsp3) is 0.650. The third-order valence-corrected chi connectivity index (χ3v) is 5.29. The van der Waals surface area contributed by atoms with Crippen LogP contribution in [0.5, 0.6) is 0 Å². The number of methoxy groups -OCH3 is 1. The smallest absolute Gasteiger partial charge is 0.191 e. The van der Waals surface area contributed by atoms with Crippen molar-refractivity contribution in [2.75, 3.05) is 33.4 Å². The van der Waals surface area contributed by atoms with Gasteiger partial charge in [0.15, 0.2) is 11.8 Å². The second-order valence-electron chi connectivity index (χ2n) is 7.61. The van der Waals surface area contributed by atoms with E-state index in [0.29, 0.717) is 12.5 Å². The van der Waals surface area contributed by atoms with E-state index >= 15 is 0 Å². The average molecular weight is 530 g/mol. The van der Waals surface area contributed by atoms with Crippen LogP contribution in [0.3, 0.4) is 0 Å². The monoisotopic (exact) mass is 530 g/mol. The van der Waals surface area contributed by atoms with Crippen LogP contribution < -0.4 is 10.6 Å². The molecule has 0 spiro atoms. The summed E-state index contributed by atoms with van der Waals surface area (Å²) in [4.78, 5) is 9.38. The SMILES string of the molecule is COCc1nc2n(n1)CC(NC(=NCC1CCOC1)NCCc1ccco1)CC2.I. The summed E-state index contributed by atoms with van der Waals surface area (Å²) in [6, 6.07) is 4.17. The van der Waals surface area contributed by atoms with Crippen molar-refractivity contribution in [3.8, 4) is 0 Å². The van der Waals surface area contributed by atoms with Gasteiger partial charge in [-0.2, -0.15) is 5.10 Å². The third kappa shape index (κ3) is 6.42. The first-order chi connectivity index (χ1) is 14.3. The van der Waals surface area contributed by atoms with Crippen molar-refractivity contribution in [3.63, 3.8) is 0 Å². The second-order valence-corrected chi connectivity index (χ2v) is 7.61. The van der Waals surface area contributed by atoms with E-state index in [1.807, 2.05) is 16.8 Å². The van der Waals surface area contributed by atoms with Crippen LogP contribution in [0.1, 0.15) is 30.3 Å². The summed E-state index contributed by atoms with van der Waals surface area (Å²) < 4.78 is 18.0. The molecule has 0 radical (unpaired) electrons. The van der Waals surface area contributed by atoms with Crippen molar-refractivity contribution < 1.29 is 13.9 Å². The minimum atomic E-state index is 0. The number of rotatable bonds is 8. The van der Waals surface area contributed by atoms with Gasteiger partial charge < -0.3 is 24.5 Å². The van der Waals surface area contributed by atoms with Gasteiger partial charge in [0.1, 0.15) is 18.2 Å². The highest BCUT2D eigenvalue weighted by atomic mass is 127. The number of hydrogen-bond donors (Lipinski definition) is 2. The molecule has 1 fully saturated rings. The summed E-state index contributed by atoms with van der Waals surface area (Å²) in [6.07, 6.45) is 5.50. The lowest BCUT2D eigenvalue weighted by Gasteiger charge is -2.25. The van der Waals surface area contributed by atoms with Crippen molar-refractivity contribution in [2.24, 2.45) is 10.9 Å². The number of hydrogen-bond acceptors (Lipinski definition) is 6. The molecule has 2 unspecified atom stereocenters. The molecule has 0 aliphatic carbocycles. The van der Waals surface area contributed by atoms with Gasteiger partial charge in [-0.25, -0.2) is 9.67 Å². The summed E-state index contributed by atoms with van der Waals surface area (Å²) in [7, 11) is 1.66. The van der Waals surface area contributed by atoms with Gasteiger partial charge in [0.25, 0.3) is 0 Å². The number of nitrogens with zero attached hydrogens (tertiary/aromatic N) is 4. The summed E-state index contributed by atoms with van der Waals surface area (Å²) >= 11 is 0. The van der Waals surface area contributed by atoms with Crippen LogP contribution in [-0.2, 0) is 35.5 Å². The van der Waals surface area contributed by atoms with E-state index in [9.17, 15) is 0 Å². The summed E-state index contributed by atoms with van der Waals surface area (Å²) in [5.41, 5.74) is 0. The zero-order valence-electron chi connectivity index (χ0n) is 17.4. The topological polar surface area (TPSA) is 98.7 Å². The highest BCUT2D eigenvalue weighted by Crippen LogP contribution is 2.14. The molecule has 4 rings (SSSR count). The highest BCUT2D eigenvalue weighted by molar-refractivity contribution is 14.0. The van der Waals surface area contributed by atoms with Crippen LogP contribution >= 0.6 is 24.0 Å². The Balaban J connectivity index is 0.00000256. The summed E-state index contributed by atoms with van der Waals surface area (Å²) in [5, 5.41) is 11.6. The van der Waals surface area contributed by atoms with Crippen molar-refractivity contribution in [1.82, 2.24) is 25.4 Å². The Kier molecular flexibility index (Phi) is 8.94. The maximum atomic E-state index is 5.48. The van der Waals surface area contributed by atoms with Gasteiger partial charge in [0, 0.05) is 51.6 Å². The molecule has 2 aromatic heterocycles. The lowest BCUT2D eigenvalue weighted by atomic mass is 10.1. The van der Waals surface area contributed by atoms with E-state index in [2.05, 4.69) is 20.7 Å². The van der Waals surface area contributed by atoms with Crippen molar-refractivity contribution >= 4 is 29.9 Å². The van der Waals surface area contributed by atoms with E-state index in [0.717, 1.165) is 81.9 Å². The molecule has 2 aliphatic heterocycles. The van der Waals surface area contributed by atoms with Crippen molar-refractivity contribution in [2.45, 2.75) is 44.9 Å². The zero-order chi connectivity index (χ0) is 19.9. The number of aliphatic imine (C=N–C) groups is 1. The first kappa shape index (κ1) is 23.0. The molecule has 10 heteroatoms. The molecule has 0 amide bonds. The molecule has 2 aromatic rings. The molecule has 4 heterocycles. The third-order valence-electron chi connectivity index (χ3n) is 5.29. The lowest BCUT2D eigenvalue weighted by Crippen LogP contribution is -2.47. The van der Waals surface area contributed by atoms with E-state index in [4.69, 9.17) is 18.9 Å². The predicted octanol–water partition coefficient (Wildman–Crippen LogP) is 1.76.